The lowest BCUT2D eigenvalue weighted by atomic mass is 10.0. The number of carbonyl (C=O) groups excluding carboxylic acids is 1. The van der Waals surface area contributed by atoms with Gasteiger partial charge in [0.2, 0.25) is 0 Å². The summed E-state index contributed by atoms with van der Waals surface area (Å²) in [6.07, 6.45) is 3.90. The van der Waals surface area contributed by atoms with E-state index < -0.39 is 0 Å². The first-order valence-corrected chi connectivity index (χ1v) is 13.3. The van der Waals surface area contributed by atoms with Crippen LogP contribution in [-0.2, 0) is 6.54 Å². The van der Waals surface area contributed by atoms with Gasteiger partial charge in [-0.1, -0.05) is 12.5 Å². The smallest absolute Gasteiger partial charge is 0.251 e. The fourth-order valence-corrected chi connectivity index (χ4v) is 6.08. The Kier molecular flexibility index (Phi) is 7.55. The summed E-state index contributed by atoms with van der Waals surface area (Å²) in [5.74, 6) is 2.47. The number of phenols is 1. The molecule has 0 aliphatic carbocycles. The number of nitrogens with zero attached hydrogens (tertiary/aromatic N) is 1. The Hall–Kier alpha value is -3.26. The zero-order valence-corrected chi connectivity index (χ0v) is 22.0. The fourth-order valence-electron chi connectivity index (χ4n) is 4.92. The number of aromatic hydroxyl groups is 1. The van der Waals surface area contributed by atoms with Gasteiger partial charge in [-0.25, -0.2) is 0 Å². The molecule has 1 amide bonds. The predicted octanol–water partition coefficient (Wildman–Crippen LogP) is 6.60. The Morgan fingerprint density at radius 2 is 1.73 bits per heavy atom. The molecule has 2 N–H and O–H groups in total. The van der Waals surface area contributed by atoms with Crippen molar-refractivity contribution in [2.75, 3.05) is 26.2 Å². The van der Waals surface area contributed by atoms with Crippen LogP contribution in [0.3, 0.4) is 0 Å². The molecule has 0 spiro atoms. The lowest BCUT2D eigenvalue weighted by molar-refractivity contribution is 0.0965. The standard InChI is InChI=1S/C29H28N2O4S.ClH/c32-21-5-11-25-26(17-21)36-28(19-4-10-24-20(16-19)18-30-29(24)33)27(25)35-23-8-6-22(7-9-23)34-15-14-31-12-2-1-3-13-31;/h4-11,16-17,32H,1-3,12-15,18H2,(H,30,33);1H. The minimum atomic E-state index is -0.0347. The van der Waals surface area contributed by atoms with Crippen molar-refractivity contribution in [3.05, 3.63) is 71.8 Å². The van der Waals surface area contributed by atoms with Crippen LogP contribution in [0.15, 0.2) is 60.7 Å². The van der Waals surface area contributed by atoms with Crippen LogP contribution in [0.25, 0.3) is 20.5 Å². The third kappa shape index (κ3) is 5.39. The van der Waals surface area contributed by atoms with E-state index >= 15 is 0 Å². The summed E-state index contributed by atoms with van der Waals surface area (Å²) in [6.45, 7) is 4.50. The number of ether oxygens (including phenoxy) is 2. The Morgan fingerprint density at radius 3 is 2.54 bits per heavy atom. The Labute approximate surface area is 226 Å². The molecule has 2 aliphatic rings. The van der Waals surface area contributed by atoms with E-state index in [4.69, 9.17) is 9.47 Å². The highest BCUT2D eigenvalue weighted by molar-refractivity contribution is 7.22. The molecule has 192 valence electrons. The number of hydrogen-bond donors (Lipinski definition) is 2. The molecule has 4 aromatic rings. The Morgan fingerprint density at radius 1 is 0.946 bits per heavy atom. The SMILES string of the molecule is Cl.O=C1NCc2cc(-c3sc4cc(O)ccc4c3Oc3ccc(OCCN4CCCCC4)cc3)ccc21. The van der Waals surface area contributed by atoms with Crippen LogP contribution in [-0.4, -0.2) is 42.2 Å². The number of likely N-dealkylation sites (tertiary alicyclic amines) is 1. The summed E-state index contributed by atoms with van der Waals surface area (Å²) >= 11 is 1.56. The molecule has 37 heavy (non-hydrogen) atoms. The molecule has 3 aromatic carbocycles. The molecule has 6 rings (SSSR count). The summed E-state index contributed by atoms with van der Waals surface area (Å²) in [5.41, 5.74) is 2.68. The van der Waals surface area contributed by atoms with Crippen LogP contribution < -0.4 is 14.8 Å². The number of thiophene rings is 1. The molecule has 6 nitrogen and oxygen atoms in total. The maximum absolute atomic E-state index is 12.0. The van der Waals surface area contributed by atoms with Crippen molar-refractivity contribution in [1.29, 1.82) is 0 Å². The van der Waals surface area contributed by atoms with Gasteiger partial charge >= 0.3 is 0 Å². The fraction of sp³-hybridized carbons (Fsp3) is 0.276. The maximum atomic E-state index is 12.0. The lowest BCUT2D eigenvalue weighted by Crippen LogP contribution is -2.33. The third-order valence-corrected chi connectivity index (χ3v) is 8.03. The van der Waals surface area contributed by atoms with Crippen molar-refractivity contribution < 1.29 is 19.4 Å². The molecule has 0 saturated carbocycles. The molecule has 1 aromatic heterocycles. The molecule has 8 heteroatoms. The summed E-state index contributed by atoms with van der Waals surface area (Å²) in [5, 5.41) is 13.8. The first-order valence-electron chi connectivity index (χ1n) is 12.4. The van der Waals surface area contributed by atoms with Crippen LogP contribution >= 0.6 is 23.7 Å². The van der Waals surface area contributed by atoms with Gasteiger partial charge in [0.25, 0.3) is 5.91 Å². The average Bonchev–Trinajstić information content (AvgIpc) is 3.45. The highest BCUT2D eigenvalue weighted by atomic mass is 35.5. The van der Waals surface area contributed by atoms with E-state index in [0.29, 0.717) is 18.9 Å². The van der Waals surface area contributed by atoms with Gasteiger partial charge in [-0.2, -0.15) is 0 Å². The van der Waals surface area contributed by atoms with Gasteiger partial charge in [-0.3, -0.25) is 9.69 Å². The number of hydrogen-bond acceptors (Lipinski definition) is 6. The van der Waals surface area contributed by atoms with Crippen molar-refractivity contribution in [3.63, 3.8) is 0 Å². The second kappa shape index (κ2) is 11.0. The summed E-state index contributed by atoms with van der Waals surface area (Å²) < 4.78 is 13.3. The van der Waals surface area contributed by atoms with Gasteiger partial charge in [0.15, 0.2) is 5.75 Å². The third-order valence-electron chi connectivity index (χ3n) is 6.85. The zero-order valence-electron chi connectivity index (χ0n) is 20.4. The van der Waals surface area contributed by atoms with Crippen LogP contribution in [0.1, 0.15) is 35.2 Å². The molecule has 0 unspecified atom stereocenters. The summed E-state index contributed by atoms with van der Waals surface area (Å²) in [4.78, 5) is 15.4. The largest absolute Gasteiger partial charge is 0.508 e. The maximum Gasteiger partial charge on any atom is 0.251 e. The topological polar surface area (TPSA) is 71.0 Å². The van der Waals surface area contributed by atoms with Crippen molar-refractivity contribution in [2.24, 2.45) is 0 Å². The molecular formula is C29H29ClN2O4S. The second-order valence-electron chi connectivity index (χ2n) is 9.32. The van der Waals surface area contributed by atoms with Gasteiger partial charge < -0.3 is 19.9 Å². The lowest BCUT2D eigenvalue weighted by Gasteiger charge is -2.26. The van der Waals surface area contributed by atoms with Gasteiger partial charge in [-0.15, -0.1) is 23.7 Å². The minimum absolute atomic E-state index is 0. The molecular weight excluding hydrogens is 508 g/mol. The number of rotatable bonds is 7. The van der Waals surface area contributed by atoms with Gasteiger partial charge in [-0.05, 0) is 91.7 Å². The normalized spacial score (nSPS) is 15.2. The number of nitrogens with one attached hydrogen (secondary N) is 1. The Balaban J connectivity index is 0.00000280. The van der Waals surface area contributed by atoms with E-state index in [-0.39, 0.29) is 24.1 Å². The molecule has 1 fully saturated rings. The van der Waals surface area contributed by atoms with Crippen molar-refractivity contribution in [1.82, 2.24) is 10.2 Å². The van der Waals surface area contributed by atoms with Crippen molar-refractivity contribution in [3.8, 4) is 33.4 Å². The van der Waals surface area contributed by atoms with Crippen LogP contribution in [0.5, 0.6) is 23.0 Å². The molecule has 0 radical (unpaired) electrons. The van der Waals surface area contributed by atoms with Crippen LogP contribution in [0.2, 0.25) is 0 Å². The molecule has 0 bridgehead atoms. The second-order valence-corrected chi connectivity index (χ2v) is 10.4. The molecule has 1 saturated heterocycles. The van der Waals surface area contributed by atoms with E-state index in [9.17, 15) is 9.90 Å². The first-order chi connectivity index (χ1) is 17.6. The minimum Gasteiger partial charge on any atom is -0.508 e. The monoisotopic (exact) mass is 536 g/mol. The van der Waals surface area contributed by atoms with Crippen molar-refractivity contribution >= 4 is 39.7 Å². The van der Waals surface area contributed by atoms with E-state index in [1.54, 1.807) is 23.5 Å². The number of phenolic OH excluding ortho intramolecular Hbond substituents is 1. The number of fused-ring (bicyclic) bond motifs is 2. The molecule has 2 aliphatic heterocycles. The summed E-state index contributed by atoms with van der Waals surface area (Å²) in [7, 11) is 0. The number of carbonyl (C=O) groups is 1. The molecule has 3 heterocycles. The van der Waals surface area contributed by atoms with Crippen molar-refractivity contribution in [2.45, 2.75) is 25.8 Å². The quantitative estimate of drug-likeness (QED) is 0.278. The van der Waals surface area contributed by atoms with Gasteiger partial charge in [0.05, 0.1) is 4.88 Å². The van der Waals surface area contributed by atoms with Gasteiger partial charge in [0.1, 0.15) is 23.9 Å². The van der Waals surface area contributed by atoms with Gasteiger partial charge in [0, 0.05) is 28.7 Å². The predicted molar refractivity (Wildman–Crippen MR) is 150 cm³/mol. The molecule has 0 atom stereocenters. The van der Waals surface area contributed by atoms with E-state index in [1.165, 1.54) is 32.4 Å². The van der Waals surface area contributed by atoms with E-state index in [0.717, 1.165) is 49.7 Å². The number of amides is 1. The van der Waals surface area contributed by atoms with Crippen LogP contribution in [0, 0.1) is 0 Å². The number of benzene rings is 3. The van der Waals surface area contributed by atoms with E-state index in [2.05, 4.69) is 10.2 Å². The number of halogens is 1. The highest BCUT2D eigenvalue weighted by Crippen LogP contribution is 2.47. The first kappa shape index (κ1) is 25.4. The average molecular weight is 537 g/mol. The van der Waals surface area contributed by atoms with Crippen LogP contribution in [0.4, 0.5) is 0 Å². The Bertz CT molecular complexity index is 1410. The summed E-state index contributed by atoms with van der Waals surface area (Å²) in [6, 6.07) is 18.9. The van der Waals surface area contributed by atoms with E-state index in [1.807, 2.05) is 48.5 Å². The number of piperidine rings is 1. The highest BCUT2D eigenvalue weighted by Gasteiger charge is 2.22. The zero-order chi connectivity index (χ0) is 24.5.